The molecule has 6 nitrogen and oxygen atoms in total. The summed E-state index contributed by atoms with van der Waals surface area (Å²) in [5.41, 5.74) is 10.3. The van der Waals surface area contributed by atoms with Crippen molar-refractivity contribution in [3.8, 4) is 16.9 Å². The highest BCUT2D eigenvalue weighted by molar-refractivity contribution is 7.99. The number of hydrogen-bond donors (Lipinski definition) is 2. The number of hydrogen-bond acceptors (Lipinski definition) is 4. The maximum Gasteiger partial charge on any atom is 0.248 e. The van der Waals surface area contributed by atoms with E-state index in [4.69, 9.17) is 10.8 Å². The van der Waals surface area contributed by atoms with Crippen LogP contribution in [0.4, 0.5) is 5.69 Å². The van der Waals surface area contributed by atoms with Gasteiger partial charge in [-0.25, -0.2) is 4.68 Å². The molecule has 2 amide bonds. The lowest BCUT2D eigenvalue weighted by atomic mass is 10.1. The zero-order chi connectivity index (χ0) is 22.3. The van der Waals surface area contributed by atoms with Crippen LogP contribution < -0.4 is 11.1 Å². The monoisotopic (exact) mass is 442 g/mol. The summed E-state index contributed by atoms with van der Waals surface area (Å²) in [7, 11) is 0. The van der Waals surface area contributed by atoms with Gasteiger partial charge < -0.3 is 11.1 Å². The number of aromatic nitrogens is 2. The Morgan fingerprint density at radius 2 is 1.56 bits per heavy atom. The molecular formula is C25H22N4O2S. The van der Waals surface area contributed by atoms with Crippen LogP contribution >= 0.6 is 11.8 Å². The number of para-hydroxylation sites is 1. The van der Waals surface area contributed by atoms with Crippen molar-refractivity contribution in [2.24, 2.45) is 5.73 Å². The molecule has 0 saturated heterocycles. The molecule has 160 valence electrons. The van der Waals surface area contributed by atoms with Crippen LogP contribution in [0.1, 0.15) is 15.9 Å². The number of nitrogens with two attached hydrogens (primary N) is 1. The van der Waals surface area contributed by atoms with E-state index >= 15 is 0 Å². The summed E-state index contributed by atoms with van der Waals surface area (Å²) in [6.45, 7) is 0. The van der Waals surface area contributed by atoms with Crippen LogP contribution in [0, 0.1) is 0 Å². The number of rotatable bonds is 8. The van der Waals surface area contributed by atoms with E-state index in [2.05, 4.69) is 5.32 Å². The Hall–Kier alpha value is -3.84. The van der Waals surface area contributed by atoms with Crippen LogP contribution in [0.3, 0.4) is 0 Å². The molecule has 3 N–H and O–H groups in total. The first-order valence-electron chi connectivity index (χ1n) is 10.1. The fourth-order valence-corrected chi connectivity index (χ4v) is 4.03. The average molecular weight is 443 g/mol. The van der Waals surface area contributed by atoms with E-state index in [-0.39, 0.29) is 5.91 Å². The molecule has 1 heterocycles. The van der Waals surface area contributed by atoms with E-state index in [9.17, 15) is 9.59 Å². The third-order valence-corrected chi connectivity index (χ3v) is 5.78. The minimum Gasteiger partial charge on any atom is -0.366 e. The average Bonchev–Trinajstić information content (AvgIpc) is 3.25. The molecule has 0 unspecified atom stereocenters. The van der Waals surface area contributed by atoms with Gasteiger partial charge in [0.25, 0.3) is 0 Å². The summed E-state index contributed by atoms with van der Waals surface area (Å²) in [4.78, 5) is 23.5. The van der Waals surface area contributed by atoms with Gasteiger partial charge in [-0.1, -0.05) is 48.5 Å². The van der Waals surface area contributed by atoms with Crippen LogP contribution in [0.5, 0.6) is 0 Å². The van der Waals surface area contributed by atoms with Gasteiger partial charge in [-0.3, -0.25) is 9.59 Å². The van der Waals surface area contributed by atoms with Crippen molar-refractivity contribution >= 4 is 29.3 Å². The molecule has 7 heteroatoms. The molecule has 1 aromatic heterocycles. The quantitative estimate of drug-likeness (QED) is 0.420. The number of nitrogens with one attached hydrogen (secondary N) is 1. The first-order valence-corrected chi connectivity index (χ1v) is 11.2. The van der Waals surface area contributed by atoms with Crippen molar-refractivity contribution in [3.05, 3.63) is 102 Å². The summed E-state index contributed by atoms with van der Waals surface area (Å²) < 4.78 is 1.87. The van der Waals surface area contributed by atoms with E-state index in [0.29, 0.717) is 22.8 Å². The third-order valence-electron chi connectivity index (χ3n) is 4.80. The van der Waals surface area contributed by atoms with Crippen LogP contribution in [0.15, 0.2) is 91.1 Å². The molecule has 32 heavy (non-hydrogen) atoms. The second kappa shape index (κ2) is 9.98. The van der Waals surface area contributed by atoms with Gasteiger partial charge in [-0.2, -0.15) is 5.10 Å². The second-order valence-corrected chi connectivity index (χ2v) is 8.12. The molecule has 0 aliphatic carbocycles. The van der Waals surface area contributed by atoms with E-state index in [0.717, 1.165) is 22.5 Å². The van der Waals surface area contributed by atoms with Gasteiger partial charge >= 0.3 is 0 Å². The number of anilines is 1. The highest BCUT2D eigenvalue weighted by Gasteiger charge is 2.13. The molecule has 0 spiro atoms. The van der Waals surface area contributed by atoms with Gasteiger partial charge in [-0.15, -0.1) is 11.8 Å². The topological polar surface area (TPSA) is 90.0 Å². The minimum absolute atomic E-state index is 0.112. The standard InChI is InChI=1S/C25H22N4O2S/c26-25(31)19-11-13-21(14-12-19)27-23(30)17-32-16-20-15-29(22-9-5-2-6-10-22)28-24(20)18-7-3-1-4-8-18/h1-15H,16-17H2,(H2,26,31)(H,27,30). The maximum absolute atomic E-state index is 12.4. The normalized spacial score (nSPS) is 10.6. The van der Waals surface area contributed by atoms with Gasteiger partial charge in [-0.05, 0) is 36.4 Å². The molecule has 0 atom stereocenters. The van der Waals surface area contributed by atoms with Crippen molar-refractivity contribution in [3.63, 3.8) is 0 Å². The Morgan fingerprint density at radius 3 is 2.22 bits per heavy atom. The Bertz CT molecular complexity index is 1210. The van der Waals surface area contributed by atoms with Crippen molar-refractivity contribution < 1.29 is 9.59 Å². The van der Waals surface area contributed by atoms with Crippen molar-refractivity contribution in [2.45, 2.75) is 5.75 Å². The van der Waals surface area contributed by atoms with Gasteiger partial charge in [0, 0.05) is 34.3 Å². The zero-order valence-electron chi connectivity index (χ0n) is 17.3. The zero-order valence-corrected chi connectivity index (χ0v) is 18.1. The number of amides is 2. The predicted molar refractivity (Wildman–Crippen MR) is 129 cm³/mol. The van der Waals surface area contributed by atoms with Crippen LogP contribution in [0.2, 0.25) is 0 Å². The molecule has 4 rings (SSSR count). The molecule has 0 aliphatic heterocycles. The van der Waals surface area contributed by atoms with Crippen LogP contribution in [-0.4, -0.2) is 27.3 Å². The van der Waals surface area contributed by atoms with Gasteiger partial charge in [0.2, 0.25) is 11.8 Å². The van der Waals surface area contributed by atoms with Gasteiger partial charge in [0.1, 0.15) is 0 Å². The number of carbonyl (C=O) groups excluding carboxylic acids is 2. The second-order valence-electron chi connectivity index (χ2n) is 7.13. The van der Waals surface area contributed by atoms with Crippen LogP contribution in [0.25, 0.3) is 16.9 Å². The van der Waals surface area contributed by atoms with Crippen molar-refractivity contribution in [2.75, 3.05) is 11.1 Å². The Morgan fingerprint density at radius 1 is 0.906 bits per heavy atom. The SMILES string of the molecule is NC(=O)c1ccc(NC(=O)CSCc2cn(-c3ccccc3)nc2-c2ccccc2)cc1. The van der Waals surface area contributed by atoms with Crippen LogP contribution in [-0.2, 0) is 10.5 Å². The molecule has 0 bridgehead atoms. The number of nitrogens with zero attached hydrogens (tertiary/aromatic N) is 2. The van der Waals surface area contributed by atoms with E-state index < -0.39 is 5.91 Å². The molecule has 0 fully saturated rings. The lowest BCUT2D eigenvalue weighted by Gasteiger charge is -2.06. The summed E-state index contributed by atoms with van der Waals surface area (Å²) in [5.74, 6) is 0.329. The molecular weight excluding hydrogens is 420 g/mol. The summed E-state index contributed by atoms with van der Waals surface area (Å²) in [6.07, 6.45) is 2.02. The lowest BCUT2D eigenvalue weighted by Crippen LogP contribution is -2.15. The maximum atomic E-state index is 12.4. The van der Waals surface area contributed by atoms with E-state index in [1.165, 1.54) is 11.8 Å². The highest BCUT2D eigenvalue weighted by Crippen LogP contribution is 2.27. The molecule has 0 aliphatic rings. The third kappa shape index (κ3) is 5.25. The lowest BCUT2D eigenvalue weighted by molar-refractivity contribution is -0.113. The number of carbonyl (C=O) groups is 2. The summed E-state index contributed by atoms with van der Waals surface area (Å²) >= 11 is 1.52. The molecule has 0 radical (unpaired) electrons. The summed E-state index contributed by atoms with van der Waals surface area (Å²) in [5, 5.41) is 7.64. The Balaban J connectivity index is 1.43. The molecule has 3 aromatic carbocycles. The van der Waals surface area contributed by atoms with E-state index in [1.807, 2.05) is 71.5 Å². The Kier molecular flexibility index (Phi) is 6.67. The first-order chi connectivity index (χ1) is 15.6. The molecule has 0 saturated carbocycles. The minimum atomic E-state index is -0.497. The first kappa shape index (κ1) is 21.4. The van der Waals surface area contributed by atoms with E-state index in [1.54, 1.807) is 24.3 Å². The smallest absolute Gasteiger partial charge is 0.248 e. The highest BCUT2D eigenvalue weighted by atomic mass is 32.2. The number of benzene rings is 3. The number of primary amides is 1. The fourth-order valence-electron chi connectivity index (χ4n) is 3.24. The van der Waals surface area contributed by atoms with Gasteiger partial charge in [0.15, 0.2) is 0 Å². The largest absolute Gasteiger partial charge is 0.366 e. The molecule has 4 aromatic rings. The predicted octanol–water partition coefficient (Wildman–Crippen LogP) is 4.51. The number of thioether (sulfide) groups is 1. The van der Waals surface area contributed by atoms with Crippen molar-refractivity contribution in [1.82, 2.24) is 9.78 Å². The fraction of sp³-hybridized carbons (Fsp3) is 0.0800. The van der Waals surface area contributed by atoms with Gasteiger partial charge in [0.05, 0.1) is 17.1 Å². The summed E-state index contributed by atoms with van der Waals surface area (Å²) in [6, 6.07) is 26.5. The Labute approximate surface area is 190 Å². The van der Waals surface area contributed by atoms with Crippen molar-refractivity contribution in [1.29, 1.82) is 0 Å².